The van der Waals surface area contributed by atoms with Crippen LogP contribution in [0.1, 0.15) is 35.1 Å². The van der Waals surface area contributed by atoms with Crippen LogP contribution in [0.5, 0.6) is 0 Å². The molecule has 2 aromatic rings. The topological polar surface area (TPSA) is 62.6 Å². The van der Waals surface area contributed by atoms with Crippen molar-refractivity contribution in [3.8, 4) is 0 Å². The Bertz CT molecular complexity index is 693. The van der Waals surface area contributed by atoms with Crippen molar-refractivity contribution in [2.45, 2.75) is 32.4 Å². The Morgan fingerprint density at radius 2 is 2.30 bits per heavy atom. The van der Waals surface area contributed by atoms with Crippen LogP contribution in [0, 0.1) is 12.8 Å². The third kappa shape index (κ3) is 3.17. The Morgan fingerprint density at radius 1 is 1.48 bits per heavy atom. The van der Waals surface area contributed by atoms with Crippen molar-refractivity contribution in [2.75, 3.05) is 7.05 Å². The number of nitrogens with zero attached hydrogens (tertiary/aromatic N) is 1. The van der Waals surface area contributed by atoms with Crippen molar-refractivity contribution in [1.29, 1.82) is 0 Å². The first-order valence-electron chi connectivity index (χ1n) is 7.67. The molecule has 1 aliphatic heterocycles. The highest BCUT2D eigenvalue weighted by atomic mass is 32.1. The van der Waals surface area contributed by atoms with Gasteiger partial charge in [-0.2, -0.15) is 0 Å². The second-order valence-corrected chi connectivity index (χ2v) is 6.81. The van der Waals surface area contributed by atoms with Gasteiger partial charge in [0, 0.05) is 30.5 Å². The van der Waals surface area contributed by atoms with Crippen molar-refractivity contribution in [1.82, 2.24) is 10.2 Å². The number of hydrogen-bond acceptors (Lipinski definition) is 4. The van der Waals surface area contributed by atoms with Gasteiger partial charge in [-0.05, 0) is 30.9 Å². The highest BCUT2D eigenvalue weighted by Crippen LogP contribution is 2.37. The van der Waals surface area contributed by atoms with E-state index in [0.717, 1.165) is 16.2 Å². The lowest BCUT2D eigenvalue weighted by Gasteiger charge is -2.37. The van der Waals surface area contributed by atoms with E-state index in [9.17, 15) is 9.59 Å². The number of amides is 2. The largest absolute Gasteiger partial charge is 0.469 e. The zero-order chi connectivity index (χ0) is 16.4. The number of piperidine rings is 1. The van der Waals surface area contributed by atoms with Crippen LogP contribution in [0.3, 0.4) is 0 Å². The highest BCUT2D eigenvalue weighted by molar-refractivity contribution is 7.10. The smallest absolute Gasteiger partial charge is 0.225 e. The van der Waals surface area contributed by atoms with Gasteiger partial charge in [-0.3, -0.25) is 9.59 Å². The number of rotatable bonds is 4. The zero-order valence-electron chi connectivity index (χ0n) is 13.2. The van der Waals surface area contributed by atoms with Crippen LogP contribution in [0.2, 0.25) is 0 Å². The minimum absolute atomic E-state index is 0.0108. The lowest BCUT2D eigenvalue weighted by molar-refractivity contribution is -0.141. The van der Waals surface area contributed by atoms with E-state index in [4.69, 9.17) is 4.42 Å². The van der Waals surface area contributed by atoms with Gasteiger partial charge >= 0.3 is 0 Å². The summed E-state index contributed by atoms with van der Waals surface area (Å²) in [5, 5.41) is 4.97. The molecule has 0 saturated carbocycles. The molecule has 122 valence electrons. The predicted octanol–water partition coefficient (Wildman–Crippen LogP) is 2.88. The molecular weight excluding hydrogens is 312 g/mol. The van der Waals surface area contributed by atoms with Crippen molar-refractivity contribution in [3.63, 3.8) is 0 Å². The van der Waals surface area contributed by atoms with Crippen LogP contribution in [0.25, 0.3) is 0 Å². The van der Waals surface area contributed by atoms with Gasteiger partial charge in [-0.1, -0.05) is 6.07 Å². The van der Waals surface area contributed by atoms with Gasteiger partial charge in [0.2, 0.25) is 11.8 Å². The number of carbonyl (C=O) groups is 2. The van der Waals surface area contributed by atoms with Gasteiger partial charge in [0.1, 0.15) is 5.76 Å². The highest BCUT2D eigenvalue weighted by Gasteiger charge is 2.39. The molecule has 1 saturated heterocycles. The Labute approximate surface area is 139 Å². The summed E-state index contributed by atoms with van der Waals surface area (Å²) in [6, 6.07) is 5.63. The lowest BCUT2D eigenvalue weighted by Crippen LogP contribution is -2.45. The lowest BCUT2D eigenvalue weighted by atomic mass is 9.87. The standard InChI is InChI=1S/C17H20N2O3S/c1-11-12(7-8-22-11)10-18-17(21)13-5-6-15(20)19(2)16(13)14-4-3-9-23-14/h3-4,7-9,13,16H,5-6,10H2,1-2H3,(H,18,21)/t13-,16+/m1/s1. The molecule has 0 bridgehead atoms. The first-order valence-corrected chi connectivity index (χ1v) is 8.55. The van der Waals surface area contributed by atoms with E-state index in [2.05, 4.69) is 5.32 Å². The van der Waals surface area contributed by atoms with Crippen LogP contribution < -0.4 is 5.32 Å². The summed E-state index contributed by atoms with van der Waals surface area (Å²) in [5.74, 6) is 0.682. The average molecular weight is 332 g/mol. The quantitative estimate of drug-likeness (QED) is 0.936. The van der Waals surface area contributed by atoms with Crippen LogP contribution in [0.15, 0.2) is 34.3 Å². The minimum atomic E-state index is -0.219. The fraction of sp³-hybridized carbons (Fsp3) is 0.412. The fourth-order valence-corrected chi connectivity index (χ4v) is 4.00. The summed E-state index contributed by atoms with van der Waals surface area (Å²) < 4.78 is 5.25. The molecule has 5 nitrogen and oxygen atoms in total. The zero-order valence-corrected chi connectivity index (χ0v) is 14.1. The molecule has 1 N–H and O–H groups in total. The van der Waals surface area contributed by atoms with Crippen molar-refractivity contribution in [3.05, 3.63) is 46.0 Å². The number of nitrogens with one attached hydrogen (secondary N) is 1. The fourth-order valence-electron chi connectivity index (χ4n) is 3.07. The molecule has 23 heavy (non-hydrogen) atoms. The molecule has 2 amide bonds. The maximum atomic E-state index is 12.7. The summed E-state index contributed by atoms with van der Waals surface area (Å²) in [5.41, 5.74) is 0.978. The van der Waals surface area contributed by atoms with Crippen LogP contribution in [-0.4, -0.2) is 23.8 Å². The average Bonchev–Trinajstić information content (AvgIpc) is 3.19. The Balaban J connectivity index is 1.74. The number of carbonyl (C=O) groups excluding carboxylic acids is 2. The normalized spacial score (nSPS) is 21.5. The van der Waals surface area contributed by atoms with Gasteiger partial charge in [-0.25, -0.2) is 0 Å². The number of hydrogen-bond donors (Lipinski definition) is 1. The summed E-state index contributed by atoms with van der Waals surface area (Å²) in [4.78, 5) is 27.5. The van der Waals surface area contributed by atoms with E-state index in [1.165, 1.54) is 0 Å². The first kappa shape index (κ1) is 15.8. The summed E-state index contributed by atoms with van der Waals surface area (Å²) >= 11 is 1.59. The van der Waals surface area contributed by atoms with E-state index in [1.54, 1.807) is 29.5 Å². The molecule has 3 heterocycles. The number of furan rings is 1. The summed E-state index contributed by atoms with van der Waals surface area (Å²) in [6.45, 7) is 2.33. The van der Waals surface area contributed by atoms with Gasteiger partial charge in [0.05, 0.1) is 18.2 Å². The van der Waals surface area contributed by atoms with Gasteiger partial charge in [0.15, 0.2) is 0 Å². The Morgan fingerprint density at radius 3 is 2.96 bits per heavy atom. The van der Waals surface area contributed by atoms with Crippen molar-refractivity contribution >= 4 is 23.2 Å². The molecule has 0 aromatic carbocycles. The number of thiophene rings is 1. The second kappa shape index (κ2) is 6.58. The molecular formula is C17H20N2O3S. The van der Waals surface area contributed by atoms with Gasteiger partial charge in [-0.15, -0.1) is 11.3 Å². The van der Waals surface area contributed by atoms with Gasteiger partial charge in [0.25, 0.3) is 0 Å². The number of aryl methyl sites for hydroxylation is 1. The van der Waals surface area contributed by atoms with Crippen molar-refractivity contribution in [2.24, 2.45) is 5.92 Å². The number of likely N-dealkylation sites (tertiary alicyclic amines) is 1. The molecule has 6 heteroatoms. The molecule has 2 aromatic heterocycles. The maximum Gasteiger partial charge on any atom is 0.225 e. The van der Waals surface area contributed by atoms with Crippen LogP contribution in [0.4, 0.5) is 0 Å². The molecule has 1 fully saturated rings. The predicted molar refractivity (Wildman–Crippen MR) is 87.8 cm³/mol. The monoisotopic (exact) mass is 332 g/mol. The molecule has 0 unspecified atom stereocenters. The maximum absolute atomic E-state index is 12.7. The van der Waals surface area contributed by atoms with E-state index < -0.39 is 0 Å². The van der Waals surface area contributed by atoms with Crippen LogP contribution in [-0.2, 0) is 16.1 Å². The van der Waals surface area contributed by atoms with E-state index in [0.29, 0.717) is 19.4 Å². The minimum Gasteiger partial charge on any atom is -0.469 e. The SMILES string of the molecule is Cc1occc1CNC(=O)[C@@H]1CCC(=O)N(C)[C@@H]1c1cccs1. The van der Waals surface area contributed by atoms with E-state index in [1.807, 2.05) is 30.5 Å². The Hall–Kier alpha value is -2.08. The third-order valence-electron chi connectivity index (χ3n) is 4.45. The Kier molecular flexibility index (Phi) is 4.52. The summed E-state index contributed by atoms with van der Waals surface area (Å²) in [6.07, 6.45) is 2.63. The van der Waals surface area contributed by atoms with Crippen molar-refractivity contribution < 1.29 is 14.0 Å². The van der Waals surface area contributed by atoms with Crippen LogP contribution >= 0.6 is 11.3 Å². The molecule has 0 radical (unpaired) electrons. The molecule has 1 aliphatic rings. The second-order valence-electron chi connectivity index (χ2n) is 5.83. The van der Waals surface area contributed by atoms with E-state index in [-0.39, 0.29) is 23.8 Å². The van der Waals surface area contributed by atoms with E-state index >= 15 is 0 Å². The van der Waals surface area contributed by atoms with Gasteiger partial charge < -0.3 is 14.6 Å². The molecule has 0 aliphatic carbocycles. The first-order chi connectivity index (χ1) is 11.1. The molecule has 3 rings (SSSR count). The summed E-state index contributed by atoms with van der Waals surface area (Å²) in [7, 11) is 1.78. The third-order valence-corrected chi connectivity index (χ3v) is 5.39. The molecule has 0 spiro atoms. The molecule has 2 atom stereocenters.